The van der Waals surface area contributed by atoms with E-state index in [0.29, 0.717) is 49.6 Å². The molecular weight excluding hydrogens is 639 g/mol. The number of anilines is 1. The third kappa shape index (κ3) is 6.05. The fraction of sp³-hybridized carbons (Fsp3) is 0.400. The molecular formula is C25H28BrCl3N4O4S. The van der Waals surface area contributed by atoms with E-state index in [9.17, 15) is 13.2 Å². The smallest absolute Gasteiger partial charge is 0.274 e. The van der Waals surface area contributed by atoms with Crippen LogP contribution in [0.3, 0.4) is 0 Å². The number of alkyl halides is 3. The Balaban J connectivity index is 1.69. The molecule has 1 aliphatic rings. The molecule has 3 aromatic rings. The van der Waals surface area contributed by atoms with Gasteiger partial charge in [0.15, 0.2) is 0 Å². The molecule has 0 atom stereocenters. The summed E-state index contributed by atoms with van der Waals surface area (Å²) in [5.74, 6) is -0.0558. The average molecular weight is 667 g/mol. The van der Waals surface area contributed by atoms with Crippen LogP contribution in [0.5, 0.6) is 5.75 Å². The van der Waals surface area contributed by atoms with Crippen LogP contribution in [0.2, 0.25) is 0 Å². The van der Waals surface area contributed by atoms with Gasteiger partial charge in [0, 0.05) is 48.8 Å². The Morgan fingerprint density at radius 2 is 1.76 bits per heavy atom. The number of ether oxygens (including phenoxy) is 1. The van der Waals surface area contributed by atoms with Crippen LogP contribution >= 0.6 is 50.7 Å². The van der Waals surface area contributed by atoms with E-state index in [1.165, 1.54) is 16.0 Å². The van der Waals surface area contributed by atoms with Crippen LogP contribution in [0.15, 0.2) is 52.0 Å². The lowest BCUT2D eigenvalue weighted by Gasteiger charge is -2.37. The molecule has 38 heavy (non-hydrogen) atoms. The third-order valence-corrected chi connectivity index (χ3v) is 9.15. The Hall–Kier alpha value is -1.69. The highest BCUT2D eigenvalue weighted by Crippen LogP contribution is 2.35. The summed E-state index contributed by atoms with van der Waals surface area (Å²) in [6.45, 7) is 2.26. The number of benzene rings is 2. The van der Waals surface area contributed by atoms with Gasteiger partial charge in [0.25, 0.3) is 19.7 Å². The number of aromatic nitrogens is 1. The minimum atomic E-state index is -3.94. The van der Waals surface area contributed by atoms with Crippen LogP contribution in [-0.4, -0.2) is 85.8 Å². The number of nitrogens with zero attached hydrogens (tertiary/aromatic N) is 4. The Kier molecular flexibility index (Phi) is 8.81. The molecule has 13 heteroatoms. The zero-order valence-electron chi connectivity index (χ0n) is 21.1. The van der Waals surface area contributed by atoms with Crippen molar-refractivity contribution in [2.75, 3.05) is 58.8 Å². The summed E-state index contributed by atoms with van der Waals surface area (Å²) in [5, 5.41) is 0.883. The largest absolute Gasteiger partial charge is 0.495 e. The molecule has 1 amide bonds. The average Bonchev–Trinajstić information content (AvgIpc) is 3.24. The van der Waals surface area contributed by atoms with Gasteiger partial charge < -0.3 is 19.4 Å². The summed E-state index contributed by atoms with van der Waals surface area (Å²) in [5.41, 5.74) is 2.17. The van der Waals surface area contributed by atoms with E-state index in [2.05, 4.69) is 20.8 Å². The second kappa shape index (κ2) is 11.4. The number of hydrogen-bond acceptors (Lipinski definition) is 6. The number of methoxy groups -OCH3 is 1. The van der Waals surface area contributed by atoms with E-state index >= 15 is 0 Å². The van der Waals surface area contributed by atoms with Gasteiger partial charge in [0.1, 0.15) is 5.75 Å². The van der Waals surface area contributed by atoms with E-state index in [0.717, 1.165) is 22.0 Å². The molecule has 0 radical (unpaired) electrons. The van der Waals surface area contributed by atoms with E-state index in [1.54, 1.807) is 30.5 Å². The number of hydrogen-bond donors (Lipinski definition) is 0. The number of halogens is 4. The fourth-order valence-corrected chi connectivity index (χ4v) is 6.63. The van der Waals surface area contributed by atoms with Gasteiger partial charge in [0.05, 0.1) is 23.2 Å². The predicted molar refractivity (Wildman–Crippen MR) is 157 cm³/mol. The minimum absolute atomic E-state index is 0.132. The number of likely N-dealkylation sites (N-methyl/N-ethyl adjacent to an activating group) is 1. The summed E-state index contributed by atoms with van der Waals surface area (Å²) < 4.78 is 33.7. The molecule has 8 nitrogen and oxygen atoms in total. The van der Waals surface area contributed by atoms with Crippen molar-refractivity contribution in [2.24, 2.45) is 0 Å². The molecule has 2 heterocycles. The molecule has 0 N–H and O–H groups in total. The standard InChI is InChI=1S/C25H28BrCl3N4O4S/c1-30(2)9-8-17-16-33(21-6-4-18(26)14-20(17)21)38(35,36)19-5-7-23(37-3)22(15-19)31-10-12-32(13-11-31)24(34)25(27,28)29/h4-7,14-16H,8-13H2,1-3H3. The Morgan fingerprint density at radius 3 is 2.37 bits per heavy atom. The fourth-order valence-electron chi connectivity index (χ4n) is 4.50. The van der Waals surface area contributed by atoms with Crippen molar-refractivity contribution < 1.29 is 17.9 Å². The van der Waals surface area contributed by atoms with Gasteiger partial charge in [-0.05, 0) is 62.5 Å². The number of carbonyl (C=O) groups excluding carboxylic acids is 1. The molecule has 0 spiro atoms. The molecule has 206 valence electrons. The maximum atomic E-state index is 14.0. The minimum Gasteiger partial charge on any atom is -0.495 e. The maximum Gasteiger partial charge on any atom is 0.274 e. The van der Waals surface area contributed by atoms with Crippen molar-refractivity contribution >= 4 is 83.3 Å². The zero-order valence-corrected chi connectivity index (χ0v) is 25.8. The van der Waals surface area contributed by atoms with Gasteiger partial charge in [0.2, 0.25) is 0 Å². The summed E-state index contributed by atoms with van der Waals surface area (Å²) >= 11 is 20.8. The molecule has 0 unspecified atom stereocenters. The van der Waals surface area contributed by atoms with E-state index < -0.39 is 19.7 Å². The van der Waals surface area contributed by atoms with Crippen LogP contribution < -0.4 is 9.64 Å². The van der Waals surface area contributed by atoms with E-state index in [4.69, 9.17) is 39.5 Å². The van der Waals surface area contributed by atoms with Crippen LogP contribution in [-0.2, 0) is 21.2 Å². The number of amides is 1. The molecule has 1 aliphatic heterocycles. The Bertz CT molecular complexity index is 1450. The summed E-state index contributed by atoms with van der Waals surface area (Å²) in [6.07, 6.45) is 2.41. The molecule has 0 saturated carbocycles. The number of carbonyl (C=O) groups is 1. The quantitative estimate of drug-likeness (QED) is 0.339. The van der Waals surface area contributed by atoms with Crippen LogP contribution in [0.25, 0.3) is 10.9 Å². The third-order valence-electron chi connectivity index (χ3n) is 6.50. The van der Waals surface area contributed by atoms with Crippen LogP contribution in [0, 0.1) is 0 Å². The van der Waals surface area contributed by atoms with Crippen molar-refractivity contribution in [2.45, 2.75) is 15.1 Å². The van der Waals surface area contributed by atoms with Crippen molar-refractivity contribution in [3.05, 3.63) is 52.6 Å². The highest BCUT2D eigenvalue weighted by molar-refractivity contribution is 9.10. The van der Waals surface area contributed by atoms with Gasteiger partial charge in [-0.25, -0.2) is 12.4 Å². The van der Waals surface area contributed by atoms with Crippen LogP contribution in [0.1, 0.15) is 5.56 Å². The summed E-state index contributed by atoms with van der Waals surface area (Å²) in [6, 6.07) is 10.4. The molecule has 0 aliphatic carbocycles. The van der Waals surface area contributed by atoms with Crippen molar-refractivity contribution in [3.8, 4) is 5.75 Å². The normalized spacial score (nSPS) is 14.9. The molecule has 0 bridgehead atoms. The molecule has 1 saturated heterocycles. The molecule has 2 aromatic carbocycles. The number of piperazine rings is 1. The lowest BCUT2D eigenvalue weighted by molar-refractivity contribution is -0.130. The summed E-state index contributed by atoms with van der Waals surface area (Å²) in [7, 11) is 1.56. The summed E-state index contributed by atoms with van der Waals surface area (Å²) in [4.78, 5) is 18.0. The second-order valence-electron chi connectivity index (χ2n) is 9.28. The number of rotatable bonds is 7. The van der Waals surface area contributed by atoms with Gasteiger partial charge in [-0.2, -0.15) is 0 Å². The Morgan fingerprint density at radius 1 is 1.08 bits per heavy atom. The predicted octanol–water partition coefficient (Wildman–Crippen LogP) is 4.77. The first-order valence-corrected chi connectivity index (χ1v) is 15.2. The molecule has 4 rings (SSSR count). The SMILES string of the molecule is COc1ccc(S(=O)(=O)n2cc(CCN(C)C)c3cc(Br)ccc32)cc1N1CCN(C(=O)C(Cl)(Cl)Cl)CC1. The molecule has 1 aromatic heterocycles. The van der Waals surface area contributed by atoms with E-state index in [-0.39, 0.29) is 4.90 Å². The van der Waals surface area contributed by atoms with Crippen molar-refractivity contribution in [1.29, 1.82) is 0 Å². The van der Waals surface area contributed by atoms with Gasteiger partial charge in [-0.1, -0.05) is 50.7 Å². The number of fused-ring (bicyclic) bond motifs is 1. The van der Waals surface area contributed by atoms with Crippen LogP contribution in [0.4, 0.5) is 5.69 Å². The maximum absolute atomic E-state index is 14.0. The Labute approximate surface area is 246 Å². The molecule has 1 fully saturated rings. The first kappa shape index (κ1) is 29.3. The highest BCUT2D eigenvalue weighted by atomic mass is 79.9. The lowest BCUT2D eigenvalue weighted by Crippen LogP contribution is -2.51. The first-order chi connectivity index (χ1) is 17.8. The van der Waals surface area contributed by atoms with Crippen molar-refractivity contribution in [1.82, 2.24) is 13.8 Å². The van der Waals surface area contributed by atoms with Gasteiger partial charge >= 0.3 is 0 Å². The second-order valence-corrected chi connectivity index (χ2v) is 14.3. The topological polar surface area (TPSA) is 75.1 Å². The van der Waals surface area contributed by atoms with Crippen molar-refractivity contribution in [3.63, 3.8) is 0 Å². The lowest BCUT2D eigenvalue weighted by atomic mass is 10.1. The van der Waals surface area contributed by atoms with Gasteiger partial charge in [-0.3, -0.25) is 4.79 Å². The zero-order chi connectivity index (χ0) is 27.8. The van der Waals surface area contributed by atoms with E-state index in [1.807, 2.05) is 31.1 Å². The first-order valence-electron chi connectivity index (χ1n) is 11.8. The monoisotopic (exact) mass is 664 g/mol. The highest BCUT2D eigenvalue weighted by Gasteiger charge is 2.37. The van der Waals surface area contributed by atoms with Gasteiger partial charge in [-0.15, -0.1) is 0 Å².